The standard InChI is InChI=1S/C11H17N3O3/c1-2-13(5-6-15)8-9-3-4-11(14(16)17)10(12)7-9/h3-4,7,15H,2,5-6,8,12H2,1H3. The van der Waals surface area contributed by atoms with Crippen molar-refractivity contribution < 1.29 is 10.0 Å². The Hall–Kier alpha value is -1.66. The Morgan fingerprint density at radius 2 is 2.24 bits per heavy atom. The van der Waals surface area contributed by atoms with Gasteiger partial charge in [-0.25, -0.2) is 0 Å². The Bertz CT molecular complexity index is 396. The quantitative estimate of drug-likeness (QED) is 0.438. The van der Waals surface area contributed by atoms with Gasteiger partial charge in [-0.05, 0) is 18.2 Å². The maximum absolute atomic E-state index is 10.6. The number of aliphatic hydroxyl groups excluding tert-OH is 1. The van der Waals surface area contributed by atoms with Crippen LogP contribution < -0.4 is 5.73 Å². The molecule has 0 aliphatic carbocycles. The second kappa shape index (κ2) is 6.17. The minimum absolute atomic E-state index is 0.0704. The topological polar surface area (TPSA) is 92.6 Å². The van der Waals surface area contributed by atoms with Gasteiger partial charge in [0.2, 0.25) is 0 Å². The molecule has 17 heavy (non-hydrogen) atoms. The summed E-state index contributed by atoms with van der Waals surface area (Å²) in [7, 11) is 0. The molecule has 0 bridgehead atoms. The lowest BCUT2D eigenvalue weighted by Gasteiger charge is -2.19. The van der Waals surface area contributed by atoms with Crippen molar-refractivity contribution in [1.82, 2.24) is 4.90 Å². The van der Waals surface area contributed by atoms with E-state index in [4.69, 9.17) is 10.8 Å². The molecular formula is C11H17N3O3. The molecule has 94 valence electrons. The molecule has 0 aliphatic rings. The SMILES string of the molecule is CCN(CCO)Cc1ccc([N+](=O)[O-])c(N)c1. The van der Waals surface area contributed by atoms with E-state index >= 15 is 0 Å². The van der Waals surface area contributed by atoms with Crippen LogP contribution in [0, 0.1) is 10.1 Å². The summed E-state index contributed by atoms with van der Waals surface area (Å²) >= 11 is 0. The van der Waals surface area contributed by atoms with Crippen molar-refractivity contribution in [1.29, 1.82) is 0 Å². The number of nitrogen functional groups attached to an aromatic ring is 1. The molecule has 3 N–H and O–H groups in total. The van der Waals surface area contributed by atoms with E-state index in [2.05, 4.69) is 0 Å². The molecule has 0 radical (unpaired) electrons. The molecule has 1 rings (SSSR count). The monoisotopic (exact) mass is 239 g/mol. The highest BCUT2D eigenvalue weighted by atomic mass is 16.6. The van der Waals surface area contributed by atoms with Crippen molar-refractivity contribution in [3.63, 3.8) is 0 Å². The Labute approximate surface area is 99.8 Å². The van der Waals surface area contributed by atoms with Gasteiger partial charge in [0.25, 0.3) is 5.69 Å². The molecule has 0 amide bonds. The third-order valence-corrected chi connectivity index (χ3v) is 2.56. The van der Waals surface area contributed by atoms with Crippen molar-refractivity contribution in [2.75, 3.05) is 25.4 Å². The highest BCUT2D eigenvalue weighted by Crippen LogP contribution is 2.22. The van der Waals surface area contributed by atoms with Gasteiger partial charge in [-0.2, -0.15) is 0 Å². The summed E-state index contributed by atoms with van der Waals surface area (Å²) in [6, 6.07) is 4.71. The highest BCUT2D eigenvalue weighted by molar-refractivity contribution is 5.59. The fraction of sp³-hybridized carbons (Fsp3) is 0.455. The Kier molecular flexibility index (Phi) is 4.86. The van der Waals surface area contributed by atoms with Crippen molar-refractivity contribution >= 4 is 11.4 Å². The summed E-state index contributed by atoms with van der Waals surface area (Å²) in [6.07, 6.45) is 0. The normalized spacial score (nSPS) is 10.8. The summed E-state index contributed by atoms with van der Waals surface area (Å²) < 4.78 is 0. The third kappa shape index (κ3) is 3.69. The first-order chi connectivity index (χ1) is 8.08. The number of nitrogens with two attached hydrogens (primary N) is 1. The van der Waals surface area contributed by atoms with Crippen LogP contribution in [0.25, 0.3) is 0 Å². The van der Waals surface area contributed by atoms with Crippen molar-refractivity contribution in [2.45, 2.75) is 13.5 Å². The molecule has 0 aromatic heterocycles. The molecule has 0 spiro atoms. The zero-order valence-electron chi connectivity index (χ0n) is 9.80. The first-order valence-corrected chi connectivity index (χ1v) is 5.44. The number of anilines is 1. The second-order valence-corrected chi connectivity index (χ2v) is 3.74. The van der Waals surface area contributed by atoms with Gasteiger partial charge in [0.05, 0.1) is 11.5 Å². The van der Waals surface area contributed by atoms with Gasteiger partial charge < -0.3 is 10.8 Å². The second-order valence-electron chi connectivity index (χ2n) is 3.74. The average Bonchev–Trinajstić information content (AvgIpc) is 2.28. The fourth-order valence-electron chi connectivity index (χ4n) is 1.62. The zero-order chi connectivity index (χ0) is 12.8. The first-order valence-electron chi connectivity index (χ1n) is 5.44. The lowest BCUT2D eigenvalue weighted by molar-refractivity contribution is -0.383. The van der Waals surface area contributed by atoms with Crippen LogP contribution in [-0.4, -0.2) is 34.6 Å². The number of nitro benzene ring substituents is 1. The third-order valence-electron chi connectivity index (χ3n) is 2.56. The van der Waals surface area contributed by atoms with Gasteiger partial charge in [0.15, 0.2) is 0 Å². The van der Waals surface area contributed by atoms with Crippen molar-refractivity contribution in [3.8, 4) is 0 Å². The number of nitro groups is 1. The minimum Gasteiger partial charge on any atom is -0.395 e. The van der Waals surface area contributed by atoms with Crippen LogP contribution in [0.1, 0.15) is 12.5 Å². The fourth-order valence-corrected chi connectivity index (χ4v) is 1.62. The Morgan fingerprint density at radius 3 is 2.71 bits per heavy atom. The van der Waals surface area contributed by atoms with Crippen LogP contribution in [0.3, 0.4) is 0 Å². The van der Waals surface area contributed by atoms with Gasteiger partial charge in [-0.3, -0.25) is 15.0 Å². The number of nitrogens with zero attached hydrogens (tertiary/aromatic N) is 2. The maximum Gasteiger partial charge on any atom is 0.292 e. The van der Waals surface area contributed by atoms with Crippen LogP contribution in [0.2, 0.25) is 0 Å². The van der Waals surface area contributed by atoms with E-state index in [1.54, 1.807) is 12.1 Å². The maximum atomic E-state index is 10.6. The van der Waals surface area contributed by atoms with Crippen molar-refractivity contribution in [3.05, 3.63) is 33.9 Å². The van der Waals surface area contributed by atoms with E-state index < -0.39 is 4.92 Å². The number of hydrogen-bond donors (Lipinski definition) is 2. The lowest BCUT2D eigenvalue weighted by Crippen LogP contribution is -2.26. The van der Waals surface area contributed by atoms with E-state index in [1.165, 1.54) is 6.07 Å². The van der Waals surface area contributed by atoms with Gasteiger partial charge in [-0.1, -0.05) is 13.0 Å². The van der Waals surface area contributed by atoms with E-state index in [-0.39, 0.29) is 18.0 Å². The lowest BCUT2D eigenvalue weighted by atomic mass is 10.1. The molecule has 0 heterocycles. The Balaban J connectivity index is 2.79. The number of likely N-dealkylation sites (N-methyl/N-ethyl adjacent to an activating group) is 1. The van der Waals surface area contributed by atoms with Gasteiger partial charge in [-0.15, -0.1) is 0 Å². The Morgan fingerprint density at radius 1 is 1.53 bits per heavy atom. The molecule has 0 fully saturated rings. The molecule has 1 aromatic rings. The summed E-state index contributed by atoms with van der Waals surface area (Å²) in [5.74, 6) is 0. The largest absolute Gasteiger partial charge is 0.395 e. The minimum atomic E-state index is -0.496. The summed E-state index contributed by atoms with van der Waals surface area (Å²) in [5.41, 5.74) is 6.61. The number of benzene rings is 1. The molecule has 0 saturated carbocycles. The predicted molar refractivity (Wildman–Crippen MR) is 65.5 cm³/mol. The average molecular weight is 239 g/mol. The molecule has 0 saturated heterocycles. The van der Waals surface area contributed by atoms with Crippen molar-refractivity contribution in [2.24, 2.45) is 0 Å². The molecule has 6 nitrogen and oxygen atoms in total. The first kappa shape index (κ1) is 13.4. The van der Waals surface area contributed by atoms with Gasteiger partial charge in [0, 0.05) is 19.2 Å². The summed E-state index contributed by atoms with van der Waals surface area (Å²) in [4.78, 5) is 12.1. The summed E-state index contributed by atoms with van der Waals surface area (Å²) in [5, 5.41) is 19.5. The zero-order valence-corrected chi connectivity index (χ0v) is 9.80. The van der Waals surface area contributed by atoms with E-state index in [9.17, 15) is 10.1 Å². The van der Waals surface area contributed by atoms with E-state index in [0.717, 1.165) is 12.1 Å². The molecule has 6 heteroatoms. The molecule has 0 aliphatic heterocycles. The van der Waals surface area contributed by atoms with E-state index in [1.807, 2.05) is 11.8 Å². The van der Waals surface area contributed by atoms with Crippen LogP contribution >= 0.6 is 0 Å². The molecule has 0 atom stereocenters. The van der Waals surface area contributed by atoms with Crippen LogP contribution in [0.4, 0.5) is 11.4 Å². The van der Waals surface area contributed by atoms with Crippen LogP contribution in [-0.2, 0) is 6.54 Å². The van der Waals surface area contributed by atoms with Crippen LogP contribution in [0.15, 0.2) is 18.2 Å². The number of aliphatic hydroxyl groups is 1. The number of hydrogen-bond acceptors (Lipinski definition) is 5. The van der Waals surface area contributed by atoms with Gasteiger partial charge in [0.1, 0.15) is 5.69 Å². The number of rotatable bonds is 6. The molecule has 1 aromatic carbocycles. The van der Waals surface area contributed by atoms with E-state index in [0.29, 0.717) is 13.1 Å². The van der Waals surface area contributed by atoms with Crippen LogP contribution in [0.5, 0.6) is 0 Å². The molecular weight excluding hydrogens is 222 g/mol. The highest BCUT2D eigenvalue weighted by Gasteiger charge is 2.12. The van der Waals surface area contributed by atoms with Gasteiger partial charge >= 0.3 is 0 Å². The summed E-state index contributed by atoms with van der Waals surface area (Å²) in [6.45, 7) is 4.09. The predicted octanol–water partition coefficient (Wildman–Crippen LogP) is 0.991. The molecule has 0 unspecified atom stereocenters. The smallest absolute Gasteiger partial charge is 0.292 e.